The van der Waals surface area contributed by atoms with Crippen LogP contribution in [0.25, 0.3) is 0 Å². The van der Waals surface area contributed by atoms with E-state index in [9.17, 15) is 24.5 Å². The molecule has 10 heteroatoms. The lowest BCUT2D eigenvalue weighted by atomic mass is 9.86. The van der Waals surface area contributed by atoms with Crippen molar-refractivity contribution in [1.29, 1.82) is 0 Å². The van der Waals surface area contributed by atoms with E-state index in [1.807, 2.05) is 0 Å². The number of rotatable bonds is 7. The molecule has 1 aromatic carbocycles. The number of nitro benzene ring substituents is 1. The number of nitrogens with one attached hydrogen (secondary N) is 3. The molecule has 3 rings (SSSR count). The van der Waals surface area contributed by atoms with E-state index in [1.165, 1.54) is 12.1 Å². The quantitative estimate of drug-likeness (QED) is 0.351. The number of carbonyl (C=O) groups is 3. The fourth-order valence-electron chi connectivity index (χ4n) is 3.49. The summed E-state index contributed by atoms with van der Waals surface area (Å²) >= 11 is 0. The van der Waals surface area contributed by atoms with Gasteiger partial charge in [0, 0.05) is 18.2 Å². The number of amides is 3. The molecule has 162 valence electrons. The zero-order valence-electron chi connectivity index (χ0n) is 16.8. The number of nitrogens with zero attached hydrogens (tertiary/aromatic N) is 1. The molecule has 3 N–H and O–H groups in total. The second-order valence-corrected chi connectivity index (χ2v) is 7.87. The molecule has 10 nitrogen and oxygen atoms in total. The molecule has 0 heterocycles. The van der Waals surface area contributed by atoms with Gasteiger partial charge in [0.15, 0.2) is 6.61 Å². The zero-order chi connectivity index (χ0) is 21.7. The van der Waals surface area contributed by atoms with Crippen LogP contribution in [0.5, 0.6) is 0 Å². The number of hydrogen-bond acceptors (Lipinski definition) is 7. The van der Waals surface area contributed by atoms with E-state index < -0.39 is 29.4 Å². The van der Waals surface area contributed by atoms with Gasteiger partial charge in [-0.3, -0.25) is 20.2 Å². The predicted octanol–water partition coefficient (Wildman–Crippen LogP) is 2.73. The number of urea groups is 1. The SMILES string of the molecule is C[C@@H]1CCCC[C@H]1NC(=O)NC(=O)COC(=O)c1ccc(NC2CC2)c([N+](=O)[O-])c1. The molecule has 2 fully saturated rings. The summed E-state index contributed by atoms with van der Waals surface area (Å²) in [6.45, 7) is 1.39. The molecule has 0 saturated heterocycles. The van der Waals surface area contributed by atoms with E-state index in [1.54, 1.807) is 0 Å². The summed E-state index contributed by atoms with van der Waals surface area (Å²) in [4.78, 5) is 46.7. The van der Waals surface area contributed by atoms with Gasteiger partial charge in [-0.05, 0) is 43.7 Å². The van der Waals surface area contributed by atoms with Crippen LogP contribution in [0.3, 0.4) is 0 Å². The van der Waals surface area contributed by atoms with E-state index in [2.05, 4.69) is 22.9 Å². The highest BCUT2D eigenvalue weighted by molar-refractivity contribution is 5.97. The number of imide groups is 1. The Morgan fingerprint density at radius 3 is 2.57 bits per heavy atom. The first-order chi connectivity index (χ1) is 14.3. The van der Waals surface area contributed by atoms with Gasteiger partial charge in [0.1, 0.15) is 5.69 Å². The van der Waals surface area contributed by atoms with E-state index >= 15 is 0 Å². The first kappa shape index (κ1) is 21.5. The number of esters is 1. The van der Waals surface area contributed by atoms with Crippen molar-refractivity contribution in [3.05, 3.63) is 33.9 Å². The lowest BCUT2D eigenvalue weighted by molar-refractivity contribution is -0.384. The van der Waals surface area contributed by atoms with Crippen LogP contribution in [0.1, 0.15) is 55.8 Å². The van der Waals surface area contributed by atoms with Crippen molar-refractivity contribution in [2.75, 3.05) is 11.9 Å². The fraction of sp³-hybridized carbons (Fsp3) is 0.550. The summed E-state index contributed by atoms with van der Waals surface area (Å²) in [6.07, 6.45) is 5.94. The predicted molar refractivity (Wildman–Crippen MR) is 108 cm³/mol. The van der Waals surface area contributed by atoms with Crippen molar-refractivity contribution >= 4 is 29.3 Å². The third-order valence-corrected chi connectivity index (χ3v) is 5.38. The van der Waals surface area contributed by atoms with E-state index in [4.69, 9.17) is 4.74 Å². The third kappa shape index (κ3) is 5.91. The summed E-state index contributed by atoms with van der Waals surface area (Å²) in [5.74, 6) is -1.32. The smallest absolute Gasteiger partial charge is 0.338 e. The van der Waals surface area contributed by atoms with Gasteiger partial charge >= 0.3 is 12.0 Å². The van der Waals surface area contributed by atoms with Crippen molar-refractivity contribution < 1.29 is 24.0 Å². The minimum atomic E-state index is -0.882. The first-order valence-electron chi connectivity index (χ1n) is 10.2. The van der Waals surface area contributed by atoms with Crippen LogP contribution in [0.2, 0.25) is 0 Å². The Balaban J connectivity index is 1.49. The number of nitro groups is 1. The minimum Gasteiger partial charge on any atom is -0.452 e. The van der Waals surface area contributed by atoms with Crippen LogP contribution < -0.4 is 16.0 Å². The van der Waals surface area contributed by atoms with Crippen LogP contribution >= 0.6 is 0 Å². The molecule has 1 aromatic rings. The molecule has 0 radical (unpaired) electrons. The normalized spacial score (nSPS) is 20.7. The number of anilines is 1. The topological polar surface area (TPSA) is 140 Å². The maximum absolute atomic E-state index is 12.2. The van der Waals surface area contributed by atoms with Gasteiger partial charge in [-0.2, -0.15) is 0 Å². The Labute approximate surface area is 173 Å². The number of hydrogen-bond donors (Lipinski definition) is 3. The molecular weight excluding hydrogens is 392 g/mol. The number of carbonyl (C=O) groups excluding carboxylic acids is 3. The van der Waals surface area contributed by atoms with Gasteiger partial charge in [0.05, 0.1) is 10.5 Å². The second-order valence-electron chi connectivity index (χ2n) is 7.87. The summed E-state index contributed by atoms with van der Waals surface area (Å²) < 4.78 is 4.90. The average molecular weight is 418 g/mol. The van der Waals surface area contributed by atoms with Crippen LogP contribution in [0, 0.1) is 16.0 Å². The van der Waals surface area contributed by atoms with Crippen molar-refractivity contribution in [2.45, 2.75) is 57.5 Å². The highest BCUT2D eigenvalue weighted by Crippen LogP contribution is 2.31. The van der Waals surface area contributed by atoms with Crippen molar-refractivity contribution in [2.24, 2.45) is 5.92 Å². The molecule has 0 unspecified atom stereocenters. The summed E-state index contributed by atoms with van der Waals surface area (Å²) in [7, 11) is 0. The second kappa shape index (κ2) is 9.55. The molecule has 3 amide bonds. The molecule has 0 spiro atoms. The van der Waals surface area contributed by atoms with Gasteiger partial charge < -0.3 is 15.4 Å². The maximum atomic E-state index is 12.2. The molecule has 2 atom stereocenters. The molecule has 2 aliphatic carbocycles. The lowest BCUT2D eigenvalue weighted by Gasteiger charge is -2.29. The molecular formula is C20H26N4O6. The summed E-state index contributed by atoms with van der Waals surface area (Å²) in [5.41, 5.74) is 0.0588. The van der Waals surface area contributed by atoms with Gasteiger partial charge in [0.25, 0.3) is 11.6 Å². The fourth-order valence-corrected chi connectivity index (χ4v) is 3.49. The van der Waals surface area contributed by atoms with Crippen molar-refractivity contribution in [1.82, 2.24) is 10.6 Å². The summed E-state index contributed by atoms with van der Waals surface area (Å²) in [5, 5.41) is 19.2. The first-order valence-corrected chi connectivity index (χ1v) is 10.2. The molecule has 2 saturated carbocycles. The summed E-state index contributed by atoms with van der Waals surface area (Å²) in [6, 6.07) is 3.56. The Morgan fingerprint density at radius 2 is 1.90 bits per heavy atom. The van der Waals surface area contributed by atoms with Crippen LogP contribution in [0.15, 0.2) is 18.2 Å². The maximum Gasteiger partial charge on any atom is 0.338 e. The zero-order valence-corrected chi connectivity index (χ0v) is 16.8. The van der Waals surface area contributed by atoms with Gasteiger partial charge in [-0.25, -0.2) is 9.59 Å². The number of benzene rings is 1. The van der Waals surface area contributed by atoms with Crippen molar-refractivity contribution in [3.8, 4) is 0 Å². The van der Waals surface area contributed by atoms with Crippen LogP contribution in [-0.2, 0) is 9.53 Å². The standard InChI is InChI=1S/C20H26N4O6/c1-12-4-2-3-5-15(12)22-20(27)23-18(25)11-30-19(26)13-6-9-16(21-14-7-8-14)17(10-13)24(28)29/h6,9-10,12,14-15,21H,2-5,7-8,11H2,1H3,(H2,22,23,25,27)/t12-,15-/m1/s1. The van der Waals surface area contributed by atoms with E-state index in [0.29, 0.717) is 11.6 Å². The van der Waals surface area contributed by atoms with Crippen LogP contribution in [0.4, 0.5) is 16.2 Å². The Hall–Kier alpha value is -3.17. The molecule has 2 aliphatic rings. The third-order valence-electron chi connectivity index (χ3n) is 5.38. The molecule has 0 bridgehead atoms. The molecule has 0 aromatic heterocycles. The number of ether oxygens (including phenoxy) is 1. The highest BCUT2D eigenvalue weighted by Gasteiger charge is 2.26. The Morgan fingerprint density at radius 1 is 1.17 bits per heavy atom. The Bertz CT molecular complexity index is 839. The van der Waals surface area contributed by atoms with Gasteiger partial charge in [-0.1, -0.05) is 19.8 Å². The minimum absolute atomic E-state index is 0.0115. The average Bonchev–Trinajstić information content (AvgIpc) is 3.52. The van der Waals surface area contributed by atoms with E-state index in [0.717, 1.165) is 44.6 Å². The lowest BCUT2D eigenvalue weighted by Crippen LogP contribution is -2.48. The largest absolute Gasteiger partial charge is 0.452 e. The van der Waals surface area contributed by atoms with Crippen LogP contribution in [-0.4, -0.2) is 41.5 Å². The molecule has 30 heavy (non-hydrogen) atoms. The monoisotopic (exact) mass is 418 g/mol. The van der Waals surface area contributed by atoms with Gasteiger partial charge in [0.2, 0.25) is 0 Å². The van der Waals surface area contributed by atoms with Gasteiger partial charge in [-0.15, -0.1) is 0 Å². The Kier molecular flexibility index (Phi) is 6.86. The molecule has 0 aliphatic heterocycles. The van der Waals surface area contributed by atoms with E-state index in [-0.39, 0.29) is 23.3 Å². The highest BCUT2D eigenvalue weighted by atomic mass is 16.6. The van der Waals surface area contributed by atoms with Crippen molar-refractivity contribution in [3.63, 3.8) is 0 Å².